The van der Waals surface area contributed by atoms with Gasteiger partial charge in [-0.15, -0.1) is 0 Å². The molecule has 0 atom stereocenters. The van der Waals surface area contributed by atoms with Gasteiger partial charge in [0.1, 0.15) is 5.76 Å². The predicted molar refractivity (Wildman–Crippen MR) is 71.7 cm³/mol. The Hall–Kier alpha value is -2.27. The Bertz CT molecular complexity index is 564. The summed E-state index contributed by atoms with van der Waals surface area (Å²) < 4.78 is 5.26. The molecule has 5 nitrogen and oxygen atoms in total. The molecule has 0 fully saturated rings. The number of anilines is 1. The Labute approximate surface area is 111 Å². The number of furan rings is 1. The topological polar surface area (TPSA) is 79.7 Å². The van der Waals surface area contributed by atoms with Crippen molar-refractivity contribution in [3.8, 4) is 0 Å². The van der Waals surface area contributed by atoms with Crippen molar-refractivity contribution in [3.63, 3.8) is 0 Å². The lowest BCUT2D eigenvalue weighted by atomic mass is 10.1. The van der Waals surface area contributed by atoms with E-state index in [1.165, 1.54) is 0 Å². The Morgan fingerprint density at radius 2 is 2.11 bits per heavy atom. The minimum absolute atomic E-state index is 0.175. The molecule has 0 saturated heterocycles. The van der Waals surface area contributed by atoms with Gasteiger partial charge in [0.25, 0.3) is 0 Å². The lowest BCUT2D eigenvalue weighted by Gasteiger charge is -2.17. The van der Waals surface area contributed by atoms with Crippen LogP contribution in [-0.4, -0.2) is 23.0 Å². The number of nitrogen functional groups attached to an aromatic ring is 1. The number of hydrogen-bond acceptors (Lipinski definition) is 4. The van der Waals surface area contributed by atoms with Crippen LogP contribution in [0.2, 0.25) is 0 Å². The molecule has 2 rings (SSSR count). The summed E-state index contributed by atoms with van der Waals surface area (Å²) in [4.78, 5) is 13.2. The fourth-order valence-electron chi connectivity index (χ4n) is 2.03. The summed E-state index contributed by atoms with van der Waals surface area (Å²) >= 11 is 0. The fourth-order valence-corrected chi connectivity index (χ4v) is 2.03. The highest BCUT2D eigenvalue weighted by Gasteiger charge is 2.15. The Balaban J connectivity index is 2.14. The molecule has 0 spiro atoms. The molecule has 0 saturated carbocycles. The highest BCUT2D eigenvalue weighted by Crippen LogP contribution is 2.19. The zero-order valence-corrected chi connectivity index (χ0v) is 10.7. The lowest BCUT2D eigenvalue weighted by Crippen LogP contribution is -2.19. The normalized spacial score (nSPS) is 10.8. The van der Waals surface area contributed by atoms with Gasteiger partial charge in [-0.05, 0) is 30.8 Å². The molecular weight excluding hydrogens is 244 g/mol. The quantitative estimate of drug-likeness (QED) is 0.805. The Morgan fingerprint density at radius 3 is 2.74 bits per heavy atom. The van der Waals surface area contributed by atoms with E-state index >= 15 is 0 Å². The van der Waals surface area contributed by atoms with Crippen molar-refractivity contribution < 1.29 is 14.3 Å². The molecule has 0 amide bonds. The van der Waals surface area contributed by atoms with E-state index in [1.54, 1.807) is 24.5 Å². The molecule has 0 aliphatic carbocycles. The molecule has 3 N–H and O–H groups in total. The van der Waals surface area contributed by atoms with E-state index in [1.807, 2.05) is 24.1 Å². The summed E-state index contributed by atoms with van der Waals surface area (Å²) in [5.41, 5.74) is 6.88. The van der Waals surface area contributed by atoms with Gasteiger partial charge in [-0.3, -0.25) is 4.90 Å². The minimum atomic E-state index is -1.00. The monoisotopic (exact) mass is 260 g/mol. The maximum Gasteiger partial charge on any atom is 0.338 e. The Kier molecular flexibility index (Phi) is 3.87. The van der Waals surface area contributed by atoms with Crippen LogP contribution >= 0.6 is 0 Å². The molecule has 0 aliphatic heterocycles. The maximum absolute atomic E-state index is 11.2. The number of aromatic carboxylic acids is 1. The van der Waals surface area contributed by atoms with Crippen molar-refractivity contribution in [2.24, 2.45) is 0 Å². The van der Waals surface area contributed by atoms with Gasteiger partial charge in [0.2, 0.25) is 0 Å². The average Bonchev–Trinajstić information content (AvgIpc) is 2.81. The lowest BCUT2D eigenvalue weighted by molar-refractivity contribution is 0.0696. The zero-order valence-electron chi connectivity index (χ0n) is 10.7. The second kappa shape index (κ2) is 5.58. The second-order valence-electron chi connectivity index (χ2n) is 4.44. The smallest absolute Gasteiger partial charge is 0.338 e. The van der Waals surface area contributed by atoms with Crippen LogP contribution in [-0.2, 0) is 13.1 Å². The number of rotatable bonds is 5. The number of hydrogen-bond donors (Lipinski definition) is 2. The first-order valence-corrected chi connectivity index (χ1v) is 5.89. The largest absolute Gasteiger partial charge is 0.478 e. The summed E-state index contributed by atoms with van der Waals surface area (Å²) in [6, 6.07) is 8.84. The molecule has 19 heavy (non-hydrogen) atoms. The summed E-state index contributed by atoms with van der Waals surface area (Å²) in [6.07, 6.45) is 1.62. The van der Waals surface area contributed by atoms with Gasteiger partial charge in [-0.1, -0.05) is 12.1 Å². The molecule has 1 aromatic carbocycles. The fraction of sp³-hybridized carbons (Fsp3) is 0.214. The summed E-state index contributed by atoms with van der Waals surface area (Å²) in [7, 11) is 1.90. The van der Waals surface area contributed by atoms with Crippen LogP contribution in [0.15, 0.2) is 41.0 Å². The van der Waals surface area contributed by atoms with Crippen LogP contribution in [0.1, 0.15) is 21.7 Å². The first-order chi connectivity index (χ1) is 9.08. The summed E-state index contributed by atoms with van der Waals surface area (Å²) in [6.45, 7) is 1.11. The molecule has 1 aromatic heterocycles. The van der Waals surface area contributed by atoms with E-state index in [2.05, 4.69) is 0 Å². The van der Waals surface area contributed by atoms with Gasteiger partial charge in [-0.2, -0.15) is 0 Å². The van der Waals surface area contributed by atoms with Crippen molar-refractivity contribution in [2.45, 2.75) is 13.1 Å². The third-order valence-corrected chi connectivity index (χ3v) is 2.84. The van der Waals surface area contributed by atoms with E-state index in [4.69, 9.17) is 10.2 Å². The number of nitrogens with zero attached hydrogens (tertiary/aromatic N) is 1. The van der Waals surface area contributed by atoms with Gasteiger partial charge < -0.3 is 15.3 Å². The molecule has 0 unspecified atom stereocenters. The van der Waals surface area contributed by atoms with Crippen molar-refractivity contribution in [3.05, 3.63) is 53.5 Å². The molecule has 0 aliphatic rings. The van der Waals surface area contributed by atoms with Crippen LogP contribution in [0.5, 0.6) is 0 Å². The third-order valence-electron chi connectivity index (χ3n) is 2.84. The van der Waals surface area contributed by atoms with E-state index in [0.717, 1.165) is 5.76 Å². The SMILES string of the molecule is CN(Cc1ccco1)Cc1cccc(N)c1C(=O)O. The van der Waals surface area contributed by atoms with Crippen LogP contribution in [0.4, 0.5) is 5.69 Å². The van der Waals surface area contributed by atoms with E-state index in [0.29, 0.717) is 18.7 Å². The van der Waals surface area contributed by atoms with Crippen LogP contribution in [0, 0.1) is 0 Å². The number of benzene rings is 1. The van der Waals surface area contributed by atoms with E-state index in [-0.39, 0.29) is 11.3 Å². The van der Waals surface area contributed by atoms with Gasteiger partial charge in [0.05, 0.1) is 18.4 Å². The molecule has 0 bridgehead atoms. The average molecular weight is 260 g/mol. The first-order valence-electron chi connectivity index (χ1n) is 5.89. The van der Waals surface area contributed by atoms with Gasteiger partial charge in [0, 0.05) is 12.2 Å². The van der Waals surface area contributed by atoms with Crippen molar-refractivity contribution in [1.82, 2.24) is 4.90 Å². The highest BCUT2D eigenvalue weighted by molar-refractivity contribution is 5.95. The van der Waals surface area contributed by atoms with Crippen molar-refractivity contribution >= 4 is 11.7 Å². The summed E-state index contributed by atoms with van der Waals surface area (Å²) in [5.74, 6) is -0.164. The van der Waals surface area contributed by atoms with Crippen molar-refractivity contribution in [1.29, 1.82) is 0 Å². The standard InChI is InChI=1S/C14H16N2O3/c1-16(9-11-5-3-7-19-11)8-10-4-2-6-12(15)13(10)14(17)18/h2-7H,8-9,15H2,1H3,(H,17,18). The van der Waals surface area contributed by atoms with Crippen molar-refractivity contribution in [2.75, 3.05) is 12.8 Å². The van der Waals surface area contributed by atoms with E-state index in [9.17, 15) is 9.90 Å². The molecular formula is C14H16N2O3. The minimum Gasteiger partial charge on any atom is -0.478 e. The van der Waals surface area contributed by atoms with Gasteiger partial charge in [-0.25, -0.2) is 4.79 Å². The maximum atomic E-state index is 11.2. The van der Waals surface area contributed by atoms with Crippen LogP contribution < -0.4 is 5.73 Å². The number of carboxylic acids is 1. The van der Waals surface area contributed by atoms with E-state index < -0.39 is 5.97 Å². The Morgan fingerprint density at radius 1 is 1.32 bits per heavy atom. The molecule has 5 heteroatoms. The first kappa shape index (κ1) is 13.2. The molecule has 2 aromatic rings. The van der Waals surface area contributed by atoms with Crippen LogP contribution in [0.25, 0.3) is 0 Å². The van der Waals surface area contributed by atoms with Gasteiger partial charge >= 0.3 is 5.97 Å². The molecule has 0 radical (unpaired) electrons. The predicted octanol–water partition coefficient (Wildman–Crippen LogP) is 2.19. The third kappa shape index (κ3) is 3.14. The second-order valence-corrected chi connectivity index (χ2v) is 4.44. The molecule has 1 heterocycles. The number of nitrogens with two attached hydrogens (primary N) is 1. The molecule has 100 valence electrons. The number of carbonyl (C=O) groups is 1. The van der Waals surface area contributed by atoms with Crippen LogP contribution in [0.3, 0.4) is 0 Å². The highest BCUT2D eigenvalue weighted by atomic mass is 16.4. The number of carboxylic acid groups (broad SMARTS) is 1. The van der Waals surface area contributed by atoms with Gasteiger partial charge in [0.15, 0.2) is 0 Å². The zero-order chi connectivity index (χ0) is 13.8. The summed E-state index contributed by atoms with van der Waals surface area (Å²) in [5, 5.41) is 9.20.